The topological polar surface area (TPSA) is 43.8 Å². The smallest absolute Gasteiger partial charge is 0.227 e. The monoisotopic (exact) mass is 332 g/mol. The van der Waals surface area contributed by atoms with E-state index >= 15 is 0 Å². The highest BCUT2D eigenvalue weighted by atomic mass is 19.1. The zero-order valence-corrected chi connectivity index (χ0v) is 13.1. The molecule has 1 aliphatic rings. The summed E-state index contributed by atoms with van der Waals surface area (Å²) >= 11 is 0. The van der Waals surface area contributed by atoms with E-state index in [1.165, 1.54) is 6.07 Å². The highest BCUT2D eigenvalue weighted by Crippen LogP contribution is 2.20. The van der Waals surface area contributed by atoms with Crippen molar-refractivity contribution in [3.05, 3.63) is 59.7 Å². The standard InChI is InChI=1S/C18H18F2N2O2/c19-14-2-1-13(17(20)12-14)11-18(24)22-9-7-21(8-10-22)15-3-5-16(23)6-4-15/h1-6,12,23H,7-11H2. The van der Waals surface area contributed by atoms with E-state index < -0.39 is 11.6 Å². The van der Waals surface area contributed by atoms with Crippen LogP contribution in [0.5, 0.6) is 5.75 Å². The average Bonchev–Trinajstić information content (AvgIpc) is 2.58. The Morgan fingerprint density at radius 2 is 1.67 bits per heavy atom. The second-order valence-corrected chi connectivity index (χ2v) is 5.80. The minimum Gasteiger partial charge on any atom is -0.508 e. The molecule has 1 aliphatic heterocycles. The summed E-state index contributed by atoms with van der Waals surface area (Å²) in [6.45, 7) is 2.43. The summed E-state index contributed by atoms with van der Waals surface area (Å²) in [6, 6.07) is 10.2. The quantitative estimate of drug-likeness (QED) is 0.939. The number of phenolic OH excluding ortho intramolecular Hbond substituents is 1. The maximum Gasteiger partial charge on any atom is 0.227 e. The summed E-state index contributed by atoms with van der Waals surface area (Å²) < 4.78 is 26.6. The molecule has 0 aliphatic carbocycles. The Hall–Kier alpha value is -2.63. The Labute approximate surface area is 138 Å². The van der Waals surface area contributed by atoms with Gasteiger partial charge in [-0.2, -0.15) is 0 Å². The first-order valence-corrected chi connectivity index (χ1v) is 7.78. The van der Waals surface area contributed by atoms with Crippen LogP contribution in [0.4, 0.5) is 14.5 Å². The lowest BCUT2D eigenvalue weighted by Crippen LogP contribution is -2.49. The number of carbonyl (C=O) groups excluding carboxylic acids is 1. The van der Waals surface area contributed by atoms with E-state index in [1.54, 1.807) is 17.0 Å². The number of rotatable bonds is 3. The van der Waals surface area contributed by atoms with Crippen LogP contribution in [-0.2, 0) is 11.2 Å². The SMILES string of the molecule is O=C(Cc1ccc(F)cc1F)N1CCN(c2ccc(O)cc2)CC1. The average molecular weight is 332 g/mol. The van der Waals surface area contributed by atoms with Gasteiger partial charge < -0.3 is 14.9 Å². The fraction of sp³-hybridized carbons (Fsp3) is 0.278. The molecular formula is C18H18F2N2O2. The lowest BCUT2D eigenvalue weighted by Gasteiger charge is -2.36. The van der Waals surface area contributed by atoms with Crippen molar-refractivity contribution in [2.75, 3.05) is 31.1 Å². The van der Waals surface area contributed by atoms with Crippen LogP contribution in [0, 0.1) is 11.6 Å². The van der Waals surface area contributed by atoms with Crippen LogP contribution < -0.4 is 4.90 Å². The number of carbonyl (C=O) groups is 1. The van der Waals surface area contributed by atoms with E-state index in [9.17, 15) is 18.7 Å². The van der Waals surface area contributed by atoms with E-state index in [2.05, 4.69) is 4.90 Å². The van der Waals surface area contributed by atoms with Crippen molar-refractivity contribution in [3.63, 3.8) is 0 Å². The Morgan fingerprint density at radius 1 is 1.00 bits per heavy atom. The number of hydrogen-bond acceptors (Lipinski definition) is 3. The third kappa shape index (κ3) is 3.64. The van der Waals surface area contributed by atoms with Gasteiger partial charge in [0.2, 0.25) is 5.91 Å². The molecule has 1 fully saturated rings. The molecule has 3 rings (SSSR count). The molecule has 1 saturated heterocycles. The predicted octanol–water partition coefficient (Wildman–Crippen LogP) is 2.56. The minimum atomic E-state index is -0.689. The molecule has 1 amide bonds. The van der Waals surface area contributed by atoms with Crippen LogP contribution in [0.1, 0.15) is 5.56 Å². The van der Waals surface area contributed by atoms with Crippen molar-refractivity contribution < 1.29 is 18.7 Å². The van der Waals surface area contributed by atoms with Crippen molar-refractivity contribution in [2.45, 2.75) is 6.42 Å². The largest absolute Gasteiger partial charge is 0.508 e. The Morgan fingerprint density at radius 3 is 2.29 bits per heavy atom. The molecule has 2 aromatic rings. The van der Waals surface area contributed by atoms with Gasteiger partial charge in [0.05, 0.1) is 6.42 Å². The number of amides is 1. The van der Waals surface area contributed by atoms with Gasteiger partial charge in [0.15, 0.2) is 0 Å². The molecule has 0 atom stereocenters. The highest BCUT2D eigenvalue weighted by Gasteiger charge is 2.22. The normalized spacial score (nSPS) is 14.8. The molecule has 2 aromatic carbocycles. The lowest BCUT2D eigenvalue weighted by molar-refractivity contribution is -0.130. The number of phenols is 1. The zero-order valence-electron chi connectivity index (χ0n) is 13.1. The van der Waals surface area contributed by atoms with Crippen LogP contribution in [0.25, 0.3) is 0 Å². The second-order valence-electron chi connectivity index (χ2n) is 5.80. The van der Waals surface area contributed by atoms with Crippen LogP contribution in [0.3, 0.4) is 0 Å². The summed E-state index contributed by atoms with van der Waals surface area (Å²) in [6.07, 6.45) is -0.0642. The number of aromatic hydroxyl groups is 1. The summed E-state index contributed by atoms with van der Waals surface area (Å²) in [5.41, 5.74) is 1.20. The predicted molar refractivity (Wildman–Crippen MR) is 87.0 cm³/mol. The highest BCUT2D eigenvalue weighted by molar-refractivity contribution is 5.79. The van der Waals surface area contributed by atoms with Gasteiger partial charge in [-0.1, -0.05) is 6.07 Å². The molecule has 0 spiro atoms. The van der Waals surface area contributed by atoms with E-state index in [4.69, 9.17) is 0 Å². The number of nitrogens with zero attached hydrogens (tertiary/aromatic N) is 2. The maximum atomic E-state index is 13.7. The maximum absolute atomic E-state index is 13.7. The molecule has 0 unspecified atom stereocenters. The Kier molecular flexibility index (Phi) is 4.64. The molecule has 1 N–H and O–H groups in total. The number of benzene rings is 2. The van der Waals surface area contributed by atoms with Gasteiger partial charge in [0.25, 0.3) is 0 Å². The van der Waals surface area contributed by atoms with Gasteiger partial charge in [-0.05, 0) is 35.9 Å². The van der Waals surface area contributed by atoms with E-state index in [0.29, 0.717) is 26.2 Å². The van der Waals surface area contributed by atoms with Crippen LogP contribution in [0.15, 0.2) is 42.5 Å². The fourth-order valence-corrected chi connectivity index (χ4v) is 2.82. The molecule has 0 bridgehead atoms. The van der Waals surface area contributed by atoms with Gasteiger partial charge in [0, 0.05) is 37.9 Å². The first-order chi connectivity index (χ1) is 11.5. The molecule has 1 heterocycles. The second kappa shape index (κ2) is 6.86. The molecule has 24 heavy (non-hydrogen) atoms. The molecule has 126 valence electrons. The van der Waals surface area contributed by atoms with Gasteiger partial charge >= 0.3 is 0 Å². The van der Waals surface area contributed by atoms with Gasteiger partial charge in [-0.15, -0.1) is 0 Å². The van der Waals surface area contributed by atoms with Crippen molar-refractivity contribution >= 4 is 11.6 Å². The third-order valence-corrected chi connectivity index (χ3v) is 4.20. The molecule has 0 saturated carbocycles. The number of piperazine rings is 1. The van der Waals surface area contributed by atoms with Crippen molar-refractivity contribution in [3.8, 4) is 5.75 Å². The van der Waals surface area contributed by atoms with Gasteiger partial charge in [-0.25, -0.2) is 8.78 Å². The van der Waals surface area contributed by atoms with E-state index in [0.717, 1.165) is 17.8 Å². The summed E-state index contributed by atoms with van der Waals surface area (Å²) in [5.74, 6) is -1.28. The van der Waals surface area contributed by atoms with Crippen LogP contribution >= 0.6 is 0 Å². The van der Waals surface area contributed by atoms with Gasteiger partial charge in [0.1, 0.15) is 17.4 Å². The number of halogens is 2. The first-order valence-electron chi connectivity index (χ1n) is 7.78. The van der Waals surface area contributed by atoms with Crippen LogP contribution in [0.2, 0.25) is 0 Å². The molecule has 0 aromatic heterocycles. The Bertz CT molecular complexity index is 726. The molecule has 6 heteroatoms. The van der Waals surface area contributed by atoms with E-state index in [-0.39, 0.29) is 23.6 Å². The van der Waals surface area contributed by atoms with Crippen molar-refractivity contribution in [1.29, 1.82) is 0 Å². The molecule has 0 radical (unpaired) electrons. The summed E-state index contributed by atoms with van der Waals surface area (Å²) in [7, 11) is 0. The Balaban J connectivity index is 1.58. The molecule has 4 nitrogen and oxygen atoms in total. The fourth-order valence-electron chi connectivity index (χ4n) is 2.82. The van der Waals surface area contributed by atoms with E-state index in [1.807, 2.05) is 12.1 Å². The van der Waals surface area contributed by atoms with Gasteiger partial charge in [-0.3, -0.25) is 4.79 Å². The minimum absolute atomic E-state index is 0.0642. The van der Waals surface area contributed by atoms with Crippen molar-refractivity contribution in [1.82, 2.24) is 4.90 Å². The van der Waals surface area contributed by atoms with Crippen molar-refractivity contribution in [2.24, 2.45) is 0 Å². The number of hydrogen-bond donors (Lipinski definition) is 1. The molecular weight excluding hydrogens is 314 g/mol. The van der Waals surface area contributed by atoms with Crippen LogP contribution in [-0.4, -0.2) is 42.1 Å². The lowest BCUT2D eigenvalue weighted by atomic mass is 10.1. The third-order valence-electron chi connectivity index (χ3n) is 4.20. The summed E-state index contributed by atoms with van der Waals surface area (Å²) in [4.78, 5) is 16.1. The summed E-state index contributed by atoms with van der Waals surface area (Å²) in [5, 5.41) is 9.32. The number of anilines is 1. The first kappa shape index (κ1) is 16.2. The zero-order chi connectivity index (χ0) is 17.1.